The van der Waals surface area contributed by atoms with Crippen molar-refractivity contribution in [2.24, 2.45) is 0 Å². The lowest BCUT2D eigenvalue weighted by atomic mass is 9.74. The number of hydrogen-bond acceptors (Lipinski definition) is 3. The largest absolute Gasteiger partial charge is 0.495 e. The van der Waals surface area contributed by atoms with Gasteiger partial charge in [0.2, 0.25) is 0 Å². The van der Waals surface area contributed by atoms with Gasteiger partial charge in [0, 0.05) is 0 Å². The Morgan fingerprint density at radius 1 is 0.897 bits per heavy atom. The molecule has 0 aliphatic carbocycles. The van der Waals surface area contributed by atoms with Crippen LogP contribution >= 0.6 is 0 Å². The first kappa shape index (κ1) is 21.9. The predicted molar refractivity (Wildman–Crippen MR) is 107 cm³/mol. The van der Waals surface area contributed by atoms with Gasteiger partial charge in [-0.1, -0.05) is 42.0 Å². The van der Waals surface area contributed by atoms with E-state index >= 15 is 0 Å². The lowest BCUT2D eigenvalue weighted by Crippen LogP contribution is -2.41. The van der Waals surface area contributed by atoms with Crippen LogP contribution in [0.5, 0.6) is 0 Å². The van der Waals surface area contributed by atoms with Crippen molar-refractivity contribution in [3.8, 4) is 0 Å². The average Bonchev–Trinajstić information content (AvgIpc) is 2.81. The van der Waals surface area contributed by atoms with Crippen molar-refractivity contribution in [2.45, 2.75) is 64.5 Å². The Hall–Kier alpha value is -1.83. The first-order valence-electron chi connectivity index (χ1n) is 9.52. The van der Waals surface area contributed by atoms with E-state index in [4.69, 9.17) is 9.31 Å². The van der Waals surface area contributed by atoms with E-state index in [1.807, 2.05) is 13.0 Å². The molecule has 0 aromatic heterocycles. The van der Waals surface area contributed by atoms with E-state index in [-0.39, 0.29) is 11.0 Å². The van der Waals surface area contributed by atoms with Crippen molar-refractivity contribution >= 4 is 12.6 Å². The molecule has 3 rings (SSSR count). The molecule has 1 atom stereocenters. The molecule has 0 bridgehead atoms. The predicted octanol–water partition coefficient (Wildman–Crippen LogP) is 4.57. The van der Waals surface area contributed by atoms with Gasteiger partial charge in [-0.25, -0.2) is 0 Å². The van der Waals surface area contributed by atoms with Crippen molar-refractivity contribution < 1.29 is 27.6 Å². The maximum Gasteiger partial charge on any atom is 0.495 e. The van der Waals surface area contributed by atoms with E-state index in [9.17, 15) is 18.3 Å². The topological polar surface area (TPSA) is 38.7 Å². The maximum atomic E-state index is 13.9. The summed E-state index contributed by atoms with van der Waals surface area (Å²) >= 11 is 0. The van der Waals surface area contributed by atoms with Gasteiger partial charge in [0.25, 0.3) is 0 Å². The zero-order chi connectivity index (χ0) is 21.8. The summed E-state index contributed by atoms with van der Waals surface area (Å²) in [7, 11) is -1.14. The molecule has 1 fully saturated rings. The summed E-state index contributed by atoms with van der Waals surface area (Å²) in [5.74, 6) is 0. The van der Waals surface area contributed by atoms with Crippen molar-refractivity contribution in [1.82, 2.24) is 0 Å². The molecule has 1 heterocycles. The molecule has 0 amide bonds. The average molecular weight is 406 g/mol. The van der Waals surface area contributed by atoms with Crippen LogP contribution in [0.25, 0.3) is 0 Å². The molecule has 2 aromatic carbocycles. The number of rotatable bonds is 3. The molecule has 1 aliphatic rings. The summed E-state index contributed by atoms with van der Waals surface area (Å²) in [4.78, 5) is 0. The lowest BCUT2D eigenvalue weighted by Gasteiger charge is -2.32. The molecule has 156 valence electrons. The zero-order valence-electron chi connectivity index (χ0n) is 17.5. The third-order valence-corrected chi connectivity index (χ3v) is 6.01. The number of benzene rings is 2. The Kier molecular flexibility index (Phi) is 5.17. The Morgan fingerprint density at radius 3 is 1.97 bits per heavy atom. The second kappa shape index (κ2) is 6.86. The van der Waals surface area contributed by atoms with Gasteiger partial charge in [-0.15, -0.1) is 0 Å². The highest BCUT2D eigenvalue weighted by atomic mass is 19.4. The summed E-state index contributed by atoms with van der Waals surface area (Å²) in [6.07, 6.45) is -4.63. The van der Waals surface area contributed by atoms with Gasteiger partial charge in [0.15, 0.2) is 0 Å². The number of hydrogen-bond donors (Lipinski definition) is 1. The van der Waals surface area contributed by atoms with Crippen LogP contribution in [0.3, 0.4) is 0 Å². The second-order valence-electron chi connectivity index (χ2n) is 8.83. The lowest BCUT2D eigenvalue weighted by molar-refractivity contribution is -0.137. The van der Waals surface area contributed by atoms with Crippen molar-refractivity contribution in [3.05, 3.63) is 64.7 Å². The molecular formula is C22H26BF3O3. The smallest absolute Gasteiger partial charge is 0.399 e. The van der Waals surface area contributed by atoms with E-state index in [0.717, 1.165) is 11.6 Å². The maximum absolute atomic E-state index is 13.9. The van der Waals surface area contributed by atoms with Gasteiger partial charge in [-0.05, 0) is 64.2 Å². The van der Waals surface area contributed by atoms with Crippen molar-refractivity contribution in [1.29, 1.82) is 0 Å². The molecule has 1 aliphatic heterocycles. The first-order valence-corrected chi connectivity index (χ1v) is 9.52. The van der Waals surface area contributed by atoms with Crippen LogP contribution in [0.4, 0.5) is 13.2 Å². The van der Waals surface area contributed by atoms with E-state index in [0.29, 0.717) is 5.56 Å². The van der Waals surface area contributed by atoms with Gasteiger partial charge in [0.05, 0.1) is 16.8 Å². The van der Waals surface area contributed by atoms with Gasteiger partial charge < -0.3 is 14.4 Å². The highest BCUT2D eigenvalue weighted by Gasteiger charge is 2.53. The second-order valence-corrected chi connectivity index (χ2v) is 8.83. The van der Waals surface area contributed by atoms with Crippen LogP contribution in [0.1, 0.15) is 56.9 Å². The molecular weight excluding hydrogens is 380 g/mol. The third kappa shape index (κ3) is 3.96. The fourth-order valence-corrected chi connectivity index (χ4v) is 3.39. The fraction of sp³-hybridized carbons (Fsp3) is 0.455. The van der Waals surface area contributed by atoms with Gasteiger partial charge in [0.1, 0.15) is 5.60 Å². The van der Waals surface area contributed by atoms with Crippen molar-refractivity contribution in [3.63, 3.8) is 0 Å². The van der Waals surface area contributed by atoms with Crippen LogP contribution in [-0.4, -0.2) is 23.4 Å². The Bertz CT molecular complexity index is 904. The standard InChI is InChI=1S/C22H26BF3O3/c1-14-8-7-9-15(12-14)21(6,27)16-10-11-18(17(13-16)22(24,25)26)23-28-19(2,3)20(4,5)29-23/h7-13,27H,1-6H3. The minimum atomic E-state index is -4.63. The van der Waals surface area contributed by atoms with Crippen LogP contribution < -0.4 is 5.46 Å². The molecule has 1 saturated heterocycles. The first-order chi connectivity index (χ1) is 13.1. The van der Waals surface area contributed by atoms with Crippen LogP contribution in [-0.2, 0) is 21.1 Å². The molecule has 1 N–H and O–H groups in total. The van der Waals surface area contributed by atoms with E-state index in [2.05, 4.69) is 0 Å². The summed E-state index contributed by atoms with van der Waals surface area (Å²) in [6.45, 7) is 10.5. The summed E-state index contributed by atoms with van der Waals surface area (Å²) < 4.78 is 53.4. The molecule has 0 radical (unpaired) electrons. The van der Waals surface area contributed by atoms with Gasteiger partial charge in [-0.2, -0.15) is 13.2 Å². The highest BCUT2D eigenvalue weighted by Crippen LogP contribution is 2.39. The Morgan fingerprint density at radius 2 is 1.45 bits per heavy atom. The number of aryl methyl sites for hydroxylation is 1. The summed E-state index contributed by atoms with van der Waals surface area (Å²) in [5, 5.41) is 11.1. The normalized spacial score (nSPS) is 20.6. The zero-order valence-corrected chi connectivity index (χ0v) is 17.5. The molecule has 0 saturated carbocycles. The van der Waals surface area contributed by atoms with E-state index in [1.54, 1.807) is 45.9 Å². The number of alkyl halides is 3. The van der Waals surface area contributed by atoms with Crippen LogP contribution in [0.15, 0.2) is 42.5 Å². The van der Waals surface area contributed by atoms with Gasteiger partial charge >= 0.3 is 13.3 Å². The van der Waals surface area contributed by atoms with Crippen LogP contribution in [0, 0.1) is 6.92 Å². The minimum Gasteiger partial charge on any atom is -0.399 e. The Balaban J connectivity index is 2.09. The molecule has 3 nitrogen and oxygen atoms in total. The molecule has 2 aromatic rings. The molecule has 29 heavy (non-hydrogen) atoms. The van der Waals surface area contributed by atoms with E-state index < -0.39 is 35.7 Å². The number of aliphatic hydroxyl groups is 1. The molecule has 7 heteroatoms. The van der Waals surface area contributed by atoms with Crippen molar-refractivity contribution in [2.75, 3.05) is 0 Å². The van der Waals surface area contributed by atoms with Gasteiger partial charge in [-0.3, -0.25) is 0 Å². The SMILES string of the molecule is Cc1cccc(C(C)(O)c2ccc(B3OC(C)(C)C(C)(C)O3)c(C(F)(F)F)c2)c1. The Labute approximate surface area is 170 Å². The quantitative estimate of drug-likeness (QED) is 0.760. The number of halogens is 3. The van der Waals surface area contributed by atoms with Crippen LogP contribution in [0.2, 0.25) is 0 Å². The summed E-state index contributed by atoms with van der Waals surface area (Å²) in [6, 6.07) is 10.9. The molecule has 1 unspecified atom stereocenters. The highest BCUT2D eigenvalue weighted by molar-refractivity contribution is 6.62. The molecule has 0 spiro atoms. The monoisotopic (exact) mass is 406 g/mol. The fourth-order valence-electron chi connectivity index (χ4n) is 3.39. The van der Waals surface area contributed by atoms with E-state index in [1.165, 1.54) is 19.1 Å². The summed E-state index contributed by atoms with van der Waals surface area (Å²) in [5.41, 5.74) is -2.49. The third-order valence-electron chi connectivity index (χ3n) is 6.01. The minimum absolute atomic E-state index is 0.0973.